The van der Waals surface area contributed by atoms with Crippen molar-refractivity contribution in [2.75, 3.05) is 46.0 Å². The molecule has 2 rings (SSSR count). The van der Waals surface area contributed by atoms with Crippen molar-refractivity contribution in [1.82, 2.24) is 10.2 Å². The quantitative estimate of drug-likeness (QED) is 0.557. The molecule has 0 saturated carbocycles. The van der Waals surface area contributed by atoms with Gasteiger partial charge in [-0.1, -0.05) is 13.3 Å². The monoisotopic (exact) mass is 311 g/mol. The van der Waals surface area contributed by atoms with Crippen LogP contribution < -0.4 is 5.32 Å². The predicted octanol–water partition coefficient (Wildman–Crippen LogP) is 1.86. The van der Waals surface area contributed by atoms with Crippen molar-refractivity contribution < 1.29 is 9.84 Å². The minimum Gasteiger partial charge on any atom is -0.396 e. The molecule has 5 nitrogen and oxygen atoms in total. The van der Waals surface area contributed by atoms with Gasteiger partial charge in [0.1, 0.15) is 0 Å². The van der Waals surface area contributed by atoms with Gasteiger partial charge in [-0.05, 0) is 38.5 Å². The number of aliphatic hydroxyl groups is 1. The van der Waals surface area contributed by atoms with E-state index < -0.39 is 0 Å². The number of rotatable bonds is 7. The van der Waals surface area contributed by atoms with Crippen LogP contribution in [0.2, 0.25) is 0 Å². The van der Waals surface area contributed by atoms with Crippen molar-refractivity contribution in [3.63, 3.8) is 0 Å². The van der Waals surface area contributed by atoms with Crippen LogP contribution in [0.4, 0.5) is 0 Å². The average Bonchev–Trinajstić information content (AvgIpc) is 3.14. The molecule has 0 bridgehead atoms. The number of ether oxygens (including phenoxy) is 1. The first-order chi connectivity index (χ1) is 10.7. The molecule has 2 heterocycles. The molecule has 2 aliphatic heterocycles. The summed E-state index contributed by atoms with van der Waals surface area (Å²) in [6, 6.07) is 0. The fraction of sp³-hybridized carbons (Fsp3) is 0.941. The molecule has 22 heavy (non-hydrogen) atoms. The lowest BCUT2D eigenvalue weighted by atomic mass is 9.87. The van der Waals surface area contributed by atoms with Gasteiger partial charge in [0.25, 0.3) is 0 Å². The summed E-state index contributed by atoms with van der Waals surface area (Å²) in [5.74, 6) is 1.54. The Morgan fingerprint density at radius 3 is 2.86 bits per heavy atom. The van der Waals surface area contributed by atoms with E-state index in [-0.39, 0.29) is 6.61 Å². The largest absolute Gasteiger partial charge is 0.396 e. The molecule has 5 heteroatoms. The van der Waals surface area contributed by atoms with Crippen LogP contribution in [0.1, 0.15) is 46.0 Å². The van der Waals surface area contributed by atoms with E-state index in [1.807, 2.05) is 0 Å². The van der Waals surface area contributed by atoms with Crippen molar-refractivity contribution in [3.8, 4) is 0 Å². The topological polar surface area (TPSA) is 57.1 Å². The zero-order valence-corrected chi connectivity index (χ0v) is 14.3. The summed E-state index contributed by atoms with van der Waals surface area (Å²) in [6.45, 7) is 10.3. The number of hydrogen-bond acceptors (Lipinski definition) is 3. The second-order valence-electron chi connectivity index (χ2n) is 6.84. The fourth-order valence-corrected chi connectivity index (χ4v) is 3.65. The molecule has 0 aliphatic carbocycles. The second kappa shape index (κ2) is 8.73. The molecule has 2 atom stereocenters. The highest BCUT2D eigenvalue weighted by atomic mass is 16.5. The van der Waals surface area contributed by atoms with Gasteiger partial charge in [0.15, 0.2) is 5.96 Å². The first-order valence-electron chi connectivity index (χ1n) is 8.95. The minimum absolute atomic E-state index is 0.265. The Bertz CT molecular complexity index is 348. The maximum atomic E-state index is 9.19. The number of aliphatic hydroxyl groups excluding tert-OH is 1. The van der Waals surface area contributed by atoms with Gasteiger partial charge in [-0.25, -0.2) is 0 Å². The Hall–Kier alpha value is -0.810. The summed E-state index contributed by atoms with van der Waals surface area (Å²) >= 11 is 0. The molecule has 0 aromatic carbocycles. The van der Waals surface area contributed by atoms with Crippen molar-refractivity contribution in [2.45, 2.75) is 46.0 Å². The lowest BCUT2D eigenvalue weighted by Gasteiger charge is -2.25. The van der Waals surface area contributed by atoms with E-state index in [4.69, 9.17) is 9.73 Å². The lowest BCUT2D eigenvalue weighted by molar-refractivity contribution is 0.156. The van der Waals surface area contributed by atoms with Crippen LogP contribution in [0, 0.1) is 11.3 Å². The van der Waals surface area contributed by atoms with Crippen LogP contribution >= 0.6 is 0 Å². The number of guanidine groups is 1. The maximum absolute atomic E-state index is 9.19. The highest BCUT2D eigenvalue weighted by Crippen LogP contribution is 2.38. The highest BCUT2D eigenvalue weighted by Gasteiger charge is 2.42. The van der Waals surface area contributed by atoms with Gasteiger partial charge in [-0.2, -0.15) is 0 Å². The van der Waals surface area contributed by atoms with E-state index in [9.17, 15) is 5.11 Å². The molecule has 0 amide bonds. The molecule has 2 fully saturated rings. The molecule has 128 valence electrons. The summed E-state index contributed by atoms with van der Waals surface area (Å²) < 4.78 is 5.62. The second-order valence-corrected chi connectivity index (χ2v) is 6.84. The Morgan fingerprint density at radius 2 is 2.23 bits per heavy atom. The van der Waals surface area contributed by atoms with E-state index in [0.29, 0.717) is 11.3 Å². The van der Waals surface area contributed by atoms with Crippen molar-refractivity contribution in [1.29, 1.82) is 0 Å². The van der Waals surface area contributed by atoms with E-state index in [1.54, 1.807) is 0 Å². The number of nitrogens with zero attached hydrogens (tertiary/aromatic N) is 2. The number of nitrogens with one attached hydrogen (secondary N) is 1. The van der Waals surface area contributed by atoms with Crippen molar-refractivity contribution >= 4 is 5.96 Å². The van der Waals surface area contributed by atoms with Crippen LogP contribution in [0.5, 0.6) is 0 Å². The molecule has 2 N–H and O–H groups in total. The first-order valence-corrected chi connectivity index (χ1v) is 8.95. The van der Waals surface area contributed by atoms with Gasteiger partial charge >= 0.3 is 0 Å². The molecular weight excluding hydrogens is 278 g/mol. The van der Waals surface area contributed by atoms with Crippen LogP contribution in [-0.4, -0.2) is 62.0 Å². The summed E-state index contributed by atoms with van der Waals surface area (Å²) in [4.78, 5) is 7.27. The summed E-state index contributed by atoms with van der Waals surface area (Å²) in [6.07, 6.45) is 5.55. The third kappa shape index (κ3) is 4.59. The molecule has 0 aromatic heterocycles. The first kappa shape index (κ1) is 17.5. The number of likely N-dealkylation sites (tertiary alicyclic amines) is 1. The van der Waals surface area contributed by atoms with E-state index in [2.05, 4.69) is 24.1 Å². The van der Waals surface area contributed by atoms with Gasteiger partial charge in [0.05, 0.1) is 6.61 Å². The Morgan fingerprint density at radius 1 is 1.36 bits per heavy atom. The maximum Gasteiger partial charge on any atom is 0.193 e. The summed E-state index contributed by atoms with van der Waals surface area (Å²) in [5.41, 5.74) is 0.365. The molecule has 2 unspecified atom stereocenters. The van der Waals surface area contributed by atoms with Gasteiger partial charge in [0.2, 0.25) is 0 Å². The normalized spacial score (nSPS) is 26.9. The van der Waals surface area contributed by atoms with Gasteiger partial charge in [-0.15, -0.1) is 0 Å². The van der Waals surface area contributed by atoms with Gasteiger partial charge < -0.3 is 20.1 Å². The number of hydrogen-bond donors (Lipinski definition) is 2. The van der Waals surface area contributed by atoms with E-state index >= 15 is 0 Å². The zero-order chi connectivity index (χ0) is 15.8. The Balaban J connectivity index is 1.94. The minimum atomic E-state index is 0.265. The zero-order valence-electron chi connectivity index (χ0n) is 14.3. The molecule has 1 spiro atoms. The summed E-state index contributed by atoms with van der Waals surface area (Å²) in [5, 5.41) is 12.6. The number of aliphatic imine (C=N–C) groups is 1. The smallest absolute Gasteiger partial charge is 0.193 e. The Labute approximate surface area is 135 Å². The van der Waals surface area contributed by atoms with Gasteiger partial charge in [-0.3, -0.25) is 4.99 Å². The van der Waals surface area contributed by atoms with E-state index in [0.717, 1.165) is 64.6 Å². The van der Waals surface area contributed by atoms with Crippen LogP contribution in [-0.2, 0) is 4.74 Å². The molecule has 0 aromatic rings. The van der Waals surface area contributed by atoms with E-state index in [1.165, 1.54) is 12.8 Å². The SMILES string of the molecule is CCCC(CCO)CN=C(NCC)N1CCC2(CCOC2)C1. The van der Waals surface area contributed by atoms with Crippen LogP contribution in [0.15, 0.2) is 4.99 Å². The third-order valence-corrected chi connectivity index (χ3v) is 4.99. The third-order valence-electron chi connectivity index (χ3n) is 4.99. The van der Waals surface area contributed by atoms with Crippen LogP contribution in [0.25, 0.3) is 0 Å². The molecular formula is C17H33N3O2. The standard InChI is InChI=1S/C17H33N3O2/c1-3-5-15(6-10-21)12-19-16(18-4-2)20-9-7-17(13-20)8-11-22-14-17/h15,21H,3-14H2,1-2H3,(H,18,19). The van der Waals surface area contributed by atoms with Crippen molar-refractivity contribution in [3.05, 3.63) is 0 Å². The lowest BCUT2D eigenvalue weighted by Crippen LogP contribution is -2.41. The highest BCUT2D eigenvalue weighted by molar-refractivity contribution is 5.80. The Kier molecular flexibility index (Phi) is 6.96. The van der Waals surface area contributed by atoms with Crippen LogP contribution in [0.3, 0.4) is 0 Å². The molecule has 2 aliphatic rings. The predicted molar refractivity (Wildman–Crippen MR) is 90.1 cm³/mol. The molecule has 2 saturated heterocycles. The van der Waals surface area contributed by atoms with Crippen molar-refractivity contribution in [2.24, 2.45) is 16.3 Å². The average molecular weight is 311 g/mol. The van der Waals surface area contributed by atoms with Gasteiger partial charge in [0, 0.05) is 44.8 Å². The fourth-order valence-electron chi connectivity index (χ4n) is 3.65. The molecule has 0 radical (unpaired) electrons. The summed E-state index contributed by atoms with van der Waals surface area (Å²) in [7, 11) is 0.